The van der Waals surface area contributed by atoms with E-state index in [0.29, 0.717) is 10.6 Å². The molecule has 2 aromatic rings. The molecule has 0 aliphatic rings. The van der Waals surface area contributed by atoms with E-state index in [1.54, 1.807) is 23.5 Å². The quantitative estimate of drug-likeness (QED) is 0.586. The highest BCUT2D eigenvalue weighted by Crippen LogP contribution is 2.39. The summed E-state index contributed by atoms with van der Waals surface area (Å²) in [6, 6.07) is 6.54. The Morgan fingerprint density at radius 1 is 1.40 bits per heavy atom. The summed E-state index contributed by atoms with van der Waals surface area (Å²) < 4.78 is 16.1. The largest absolute Gasteiger partial charge is 0.305 e. The number of nitrogens with one attached hydrogen (secondary N) is 1. The SMILES string of the molecule is CCCNC(c1cc(Br)c(Br)s1)c1c(F)cccc1Cl. The van der Waals surface area contributed by atoms with Crippen LogP contribution >= 0.6 is 54.8 Å². The van der Waals surface area contributed by atoms with Crippen molar-refractivity contribution in [3.8, 4) is 0 Å². The van der Waals surface area contributed by atoms with Gasteiger partial charge in [0.2, 0.25) is 0 Å². The lowest BCUT2D eigenvalue weighted by molar-refractivity contribution is 0.551. The molecule has 0 amide bonds. The van der Waals surface area contributed by atoms with E-state index in [1.807, 2.05) is 6.07 Å². The molecule has 2 rings (SSSR count). The highest BCUT2D eigenvalue weighted by atomic mass is 79.9. The lowest BCUT2D eigenvalue weighted by Gasteiger charge is -2.19. The average molecular weight is 442 g/mol. The number of benzene rings is 1. The van der Waals surface area contributed by atoms with Gasteiger partial charge in [-0.05, 0) is 63.0 Å². The summed E-state index contributed by atoms with van der Waals surface area (Å²) in [7, 11) is 0. The van der Waals surface area contributed by atoms with E-state index in [1.165, 1.54) is 6.07 Å². The lowest BCUT2D eigenvalue weighted by atomic mass is 10.0. The predicted octanol–water partition coefficient (Wildman–Crippen LogP) is 6.15. The van der Waals surface area contributed by atoms with Gasteiger partial charge in [-0.3, -0.25) is 0 Å². The zero-order valence-corrected chi connectivity index (χ0v) is 15.5. The van der Waals surface area contributed by atoms with Crippen LogP contribution in [0.4, 0.5) is 4.39 Å². The van der Waals surface area contributed by atoms with Crippen molar-refractivity contribution in [1.82, 2.24) is 5.32 Å². The van der Waals surface area contributed by atoms with Crippen molar-refractivity contribution < 1.29 is 4.39 Å². The first-order valence-electron chi connectivity index (χ1n) is 6.16. The number of hydrogen-bond acceptors (Lipinski definition) is 2. The Labute approximate surface area is 143 Å². The van der Waals surface area contributed by atoms with Gasteiger partial charge in [-0.2, -0.15) is 0 Å². The molecule has 20 heavy (non-hydrogen) atoms. The smallest absolute Gasteiger partial charge is 0.129 e. The average Bonchev–Trinajstić information content (AvgIpc) is 2.73. The second-order valence-electron chi connectivity index (χ2n) is 4.29. The second-order valence-corrected chi connectivity index (χ2v) is 7.96. The minimum atomic E-state index is -0.285. The van der Waals surface area contributed by atoms with Gasteiger partial charge in [-0.15, -0.1) is 11.3 Å². The van der Waals surface area contributed by atoms with Gasteiger partial charge < -0.3 is 5.32 Å². The Kier molecular flexibility index (Phi) is 6.05. The molecule has 1 nitrogen and oxygen atoms in total. The van der Waals surface area contributed by atoms with Crippen LogP contribution in [0.1, 0.15) is 29.8 Å². The maximum Gasteiger partial charge on any atom is 0.129 e. The Balaban J connectivity index is 2.47. The number of rotatable bonds is 5. The van der Waals surface area contributed by atoms with Crippen molar-refractivity contribution in [2.75, 3.05) is 6.54 Å². The van der Waals surface area contributed by atoms with Crippen molar-refractivity contribution in [3.05, 3.63) is 53.8 Å². The highest BCUT2D eigenvalue weighted by Gasteiger charge is 2.22. The highest BCUT2D eigenvalue weighted by molar-refractivity contribution is 9.13. The third-order valence-corrected chi connectivity index (χ3v) is 6.49. The Hall–Kier alpha value is 0.0600. The maximum atomic E-state index is 14.2. The molecule has 108 valence electrons. The number of halogens is 4. The van der Waals surface area contributed by atoms with Crippen LogP contribution in [0.15, 0.2) is 32.5 Å². The van der Waals surface area contributed by atoms with Gasteiger partial charge in [0, 0.05) is 19.9 Å². The summed E-state index contributed by atoms with van der Waals surface area (Å²) in [6.45, 7) is 2.87. The summed E-state index contributed by atoms with van der Waals surface area (Å²) in [5.41, 5.74) is 0.504. The van der Waals surface area contributed by atoms with Crippen LogP contribution in [0.5, 0.6) is 0 Å². The molecule has 1 unspecified atom stereocenters. The summed E-state index contributed by atoms with van der Waals surface area (Å²) >= 11 is 14.7. The molecule has 1 aromatic heterocycles. The monoisotopic (exact) mass is 439 g/mol. The molecule has 0 aliphatic carbocycles. The number of thiophene rings is 1. The fourth-order valence-electron chi connectivity index (χ4n) is 1.93. The Morgan fingerprint density at radius 2 is 2.15 bits per heavy atom. The van der Waals surface area contributed by atoms with Crippen molar-refractivity contribution in [3.63, 3.8) is 0 Å². The van der Waals surface area contributed by atoms with E-state index in [2.05, 4.69) is 44.1 Å². The normalized spacial score (nSPS) is 12.7. The molecule has 0 aliphatic heterocycles. The number of hydrogen-bond donors (Lipinski definition) is 1. The van der Waals surface area contributed by atoms with Crippen LogP contribution in [0.3, 0.4) is 0 Å². The van der Waals surface area contributed by atoms with Crippen LogP contribution in [-0.4, -0.2) is 6.54 Å². The maximum absolute atomic E-state index is 14.2. The topological polar surface area (TPSA) is 12.0 Å². The first-order valence-corrected chi connectivity index (χ1v) is 8.94. The third-order valence-electron chi connectivity index (χ3n) is 2.84. The fourth-order valence-corrected chi connectivity index (χ4v) is 4.37. The summed E-state index contributed by atoms with van der Waals surface area (Å²) in [5, 5.41) is 3.81. The molecule has 6 heteroatoms. The van der Waals surface area contributed by atoms with Gasteiger partial charge in [0.15, 0.2) is 0 Å². The summed E-state index contributed by atoms with van der Waals surface area (Å²) in [5.74, 6) is -0.285. The zero-order chi connectivity index (χ0) is 14.7. The van der Waals surface area contributed by atoms with Crippen LogP contribution in [-0.2, 0) is 0 Å². The van der Waals surface area contributed by atoms with Gasteiger partial charge in [-0.1, -0.05) is 24.6 Å². The predicted molar refractivity (Wildman–Crippen MR) is 91.3 cm³/mol. The Bertz CT molecular complexity index is 563. The van der Waals surface area contributed by atoms with E-state index in [4.69, 9.17) is 11.6 Å². The fraction of sp³-hybridized carbons (Fsp3) is 0.286. The van der Waals surface area contributed by atoms with Crippen molar-refractivity contribution in [1.29, 1.82) is 0 Å². The molecular weight excluding hydrogens is 428 g/mol. The standard InChI is InChI=1S/C14H13Br2ClFNS/c1-2-6-19-13(11-7-8(15)14(16)20-11)12-9(17)4-3-5-10(12)18/h3-5,7,13,19H,2,6H2,1H3. The molecule has 1 heterocycles. The molecule has 0 saturated heterocycles. The summed E-state index contributed by atoms with van der Waals surface area (Å²) in [4.78, 5) is 1.02. The molecule has 0 bridgehead atoms. The molecular formula is C14H13Br2ClFNS. The Morgan fingerprint density at radius 3 is 2.70 bits per heavy atom. The van der Waals surface area contributed by atoms with Crippen molar-refractivity contribution >= 4 is 54.8 Å². The van der Waals surface area contributed by atoms with Gasteiger partial charge in [0.1, 0.15) is 5.82 Å². The van der Waals surface area contributed by atoms with Crippen molar-refractivity contribution in [2.45, 2.75) is 19.4 Å². The molecule has 1 aromatic carbocycles. The molecule has 0 radical (unpaired) electrons. The first kappa shape index (κ1) is 16.4. The van der Waals surface area contributed by atoms with Gasteiger partial charge >= 0.3 is 0 Å². The first-order chi connectivity index (χ1) is 9.54. The van der Waals surface area contributed by atoms with Crippen molar-refractivity contribution in [2.24, 2.45) is 0 Å². The zero-order valence-electron chi connectivity index (χ0n) is 10.7. The molecule has 0 saturated carbocycles. The van der Waals surface area contributed by atoms with E-state index >= 15 is 0 Å². The molecule has 1 N–H and O–H groups in total. The van der Waals surface area contributed by atoms with Crippen LogP contribution in [0.2, 0.25) is 5.02 Å². The minimum absolute atomic E-state index is 0.240. The second kappa shape index (κ2) is 7.36. The van der Waals surface area contributed by atoms with Crippen LogP contribution < -0.4 is 5.32 Å². The van der Waals surface area contributed by atoms with E-state index in [9.17, 15) is 4.39 Å². The molecule has 0 spiro atoms. The van der Waals surface area contributed by atoms with Crippen LogP contribution in [0.25, 0.3) is 0 Å². The summed E-state index contributed by atoms with van der Waals surface area (Å²) in [6.07, 6.45) is 0.969. The van der Waals surface area contributed by atoms with Gasteiger partial charge in [0.25, 0.3) is 0 Å². The van der Waals surface area contributed by atoms with E-state index in [-0.39, 0.29) is 11.9 Å². The van der Waals surface area contributed by atoms with Gasteiger partial charge in [0.05, 0.1) is 9.83 Å². The minimum Gasteiger partial charge on any atom is -0.305 e. The van der Waals surface area contributed by atoms with E-state index in [0.717, 1.165) is 26.1 Å². The molecule has 1 atom stereocenters. The molecule has 0 fully saturated rings. The van der Waals surface area contributed by atoms with Crippen LogP contribution in [0, 0.1) is 5.82 Å². The van der Waals surface area contributed by atoms with Gasteiger partial charge in [-0.25, -0.2) is 4.39 Å². The van der Waals surface area contributed by atoms with E-state index < -0.39 is 0 Å². The lowest BCUT2D eigenvalue weighted by Crippen LogP contribution is -2.23. The third kappa shape index (κ3) is 3.63.